The minimum Gasteiger partial charge on any atom is -0.459 e. The lowest BCUT2D eigenvalue weighted by Crippen LogP contribution is -2.34. The zero-order valence-electron chi connectivity index (χ0n) is 17.1. The molecule has 0 rings (SSSR count). The first-order valence-electron chi connectivity index (χ1n) is 8.87. The molecule has 0 aliphatic heterocycles. The zero-order valence-corrected chi connectivity index (χ0v) is 18.8. The smallest absolute Gasteiger partial charge is 0.310 e. The van der Waals surface area contributed by atoms with E-state index in [9.17, 15) is 9.59 Å². The maximum absolute atomic E-state index is 12.1. The number of esters is 2. The Bertz CT molecular complexity index is 384. The van der Waals surface area contributed by atoms with Crippen LogP contribution in [0, 0.1) is 11.8 Å². The van der Waals surface area contributed by atoms with Gasteiger partial charge in [0, 0.05) is 11.5 Å². The molecule has 0 fully saturated rings. The highest BCUT2D eigenvalue weighted by Crippen LogP contribution is 2.26. The molecule has 0 saturated carbocycles. The maximum Gasteiger partial charge on any atom is 0.310 e. The van der Waals surface area contributed by atoms with Gasteiger partial charge in [0.25, 0.3) is 0 Å². The molecule has 148 valence electrons. The molecule has 2 unspecified atom stereocenters. The zero-order chi connectivity index (χ0) is 19.7. The number of thioether (sulfide) groups is 2. The first kappa shape index (κ1) is 24.6. The Labute approximate surface area is 162 Å². The molecular formula is C19H36O4S2. The van der Waals surface area contributed by atoms with Crippen molar-refractivity contribution in [2.45, 2.75) is 72.0 Å². The summed E-state index contributed by atoms with van der Waals surface area (Å²) in [7, 11) is 0. The Kier molecular flexibility index (Phi) is 11.2. The van der Waals surface area contributed by atoms with Crippen molar-refractivity contribution in [1.82, 2.24) is 0 Å². The molecular weight excluding hydrogens is 356 g/mol. The molecule has 0 amide bonds. The van der Waals surface area contributed by atoms with Gasteiger partial charge in [0.15, 0.2) is 0 Å². The molecule has 0 N–H and O–H groups in total. The van der Waals surface area contributed by atoms with Crippen molar-refractivity contribution >= 4 is 35.5 Å². The largest absolute Gasteiger partial charge is 0.459 e. The van der Waals surface area contributed by atoms with Crippen LogP contribution in [0.25, 0.3) is 0 Å². The Morgan fingerprint density at radius 1 is 0.800 bits per heavy atom. The van der Waals surface area contributed by atoms with E-state index in [0.717, 1.165) is 30.8 Å². The van der Waals surface area contributed by atoms with E-state index in [-0.39, 0.29) is 23.8 Å². The molecule has 6 heteroatoms. The number of carbonyl (C=O) groups excluding carboxylic acids is 2. The second kappa shape index (κ2) is 11.4. The van der Waals surface area contributed by atoms with E-state index < -0.39 is 11.2 Å². The van der Waals surface area contributed by atoms with Gasteiger partial charge in [-0.3, -0.25) is 9.59 Å². The Hall–Kier alpha value is -0.360. The SMILES string of the molecule is CSCC(C)C(=O)OC(C)(C)CCCC(C)(C)OC(=O)C(C)CSC. The van der Waals surface area contributed by atoms with Crippen molar-refractivity contribution in [3.8, 4) is 0 Å². The number of ether oxygens (including phenoxy) is 2. The van der Waals surface area contributed by atoms with Crippen LogP contribution in [0.5, 0.6) is 0 Å². The molecule has 2 atom stereocenters. The number of carbonyl (C=O) groups is 2. The molecule has 0 aliphatic carbocycles. The molecule has 0 aromatic heterocycles. The maximum atomic E-state index is 12.1. The third-order valence-corrected chi connectivity index (χ3v) is 5.62. The van der Waals surface area contributed by atoms with Gasteiger partial charge in [-0.25, -0.2) is 0 Å². The van der Waals surface area contributed by atoms with Crippen molar-refractivity contribution in [3.05, 3.63) is 0 Å². The van der Waals surface area contributed by atoms with Crippen LogP contribution in [-0.4, -0.2) is 47.2 Å². The van der Waals surface area contributed by atoms with Crippen molar-refractivity contribution in [3.63, 3.8) is 0 Å². The van der Waals surface area contributed by atoms with Gasteiger partial charge >= 0.3 is 11.9 Å². The minimum atomic E-state index is -0.504. The van der Waals surface area contributed by atoms with Crippen LogP contribution in [0.2, 0.25) is 0 Å². The lowest BCUT2D eigenvalue weighted by atomic mass is 9.94. The third kappa shape index (κ3) is 11.1. The summed E-state index contributed by atoms with van der Waals surface area (Å²) in [6.45, 7) is 11.6. The topological polar surface area (TPSA) is 52.6 Å². The number of hydrogen-bond acceptors (Lipinski definition) is 6. The van der Waals surface area contributed by atoms with Gasteiger partial charge in [-0.2, -0.15) is 23.5 Å². The number of rotatable bonds is 12. The lowest BCUT2D eigenvalue weighted by molar-refractivity contribution is -0.162. The molecule has 0 spiro atoms. The average molecular weight is 393 g/mol. The molecule has 0 aliphatic rings. The van der Waals surface area contributed by atoms with Crippen molar-refractivity contribution < 1.29 is 19.1 Å². The van der Waals surface area contributed by atoms with Crippen LogP contribution in [0.4, 0.5) is 0 Å². The van der Waals surface area contributed by atoms with Gasteiger partial charge in [0.1, 0.15) is 11.2 Å². The van der Waals surface area contributed by atoms with Crippen LogP contribution >= 0.6 is 23.5 Å². The molecule has 4 nitrogen and oxygen atoms in total. The van der Waals surface area contributed by atoms with E-state index in [1.165, 1.54) is 0 Å². The van der Waals surface area contributed by atoms with Crippen LogP contribution in [0.3, 0.4) is 0 Å². The van der Waals surface area contributed by atoms with E-state index in [1.54, 1.807) is 23.5 Å². The minimum absolute atomic E-state index is 0.0930. The fourth-order valence-corrected chi connectivity index (χ4v) is 3.70. The molecule has 0 bridgehead atoms. The summed E-state index contributed by atoms with van der Waals surface area (Å²) in [5.74, 6) is 1.07. The average Bonchev–Trinajstić information content (AvgIpc) is 2.46. The standard InChI is InChI=1S/C19H36O4S2/c1-14(12-24-7)16(20)22-18(3,4)10-9-11-19(5,6)23-17(21)15(2)13-25-8/h14-15H,9-13H2,1-8H3. The second-order valence-corrected chi connectivity index (χ2v) is 9.75. The quantitative estimate of drug-likeness (QED) is 0.445. The fraction of sp³-hybridized carbons (Fsp3) is 0.895. The highest BCUT2D eigenvalue weighted by Gasteiger charge is 2.29. The Morgan fingerprint density at radius 3 is 1.40 bits per heavy atom. The molecule has 0 heterocycles. The monoisotopic (exact) mass is 392 g/mol. The number of hydrogen-bond donors (Lipinski definition) is 0. The van der Waals surface area contributed by atoms with E-state index in [2.05, 4.69) is 0 Å². The molecule has 0 aromatic rings. The van der Waals surface area contributed by atoms with E-state index in [0.29, 0.717) is 0 Å². The summed E-state index contributed by atoms with van der Waals surface area (Å²) in [6, 6.07) is 0. The van der Waals surface area contributed by atoms with Crippen LogP contribution < -0.4 is 0 Å². The first-order chi connectivity index (χ1) is 11.4. The Morgan fingerprint density at radius 2 is 1.12 bits per heavy atom. The fourth-order valence-electron chi connectivity index (χ4n) is 2.42. The van der Waals surface area contributed by atoms with Crippen molar-refractivity contribution in [1.29, 1.82) is 0 Å². The lowest BCUT2D eigenvalue weighted by Gasteiger charge is -2.30. The van der Waals surface area contributed by atoms with E-state index in [4.69, 9.17) is 9.47 Å². The van der Waals surface area contributed by atoms with Crippen molar-refractivity contribution in [2.24, 2.45) is 11.8 Å². The third-order valence-electron chi connectivity index (χ3n) is 3.95. The van der Waals surface area contributed by atoms with Crippen LogP contribution in [0.1, 0.15) is 60.8 Å². The van der Waals surface area contributed by atoms with E-state index in [1.807, 2.05) is 54.1 Å². The molecule has 25 heavy (non-hydrogen) atoms. The highest BCUT2D eigenvalue weighted by atomic mass is 32.2. The summed E-state index contributed by atoms with van der Waals surface area (Å²) >= 11 is 3.29. The van der Waals surface area contributed by atoms with Gasteiger partial charge in [-0.1, -0.05) is 13.8 Å². The predicted octanol–water partition coefficient (Wildman–Crippen LogP) is 4.80. The molecule has 0 radical (unpaired) electrons. The summed E-state index contributed by atoms with van der Waals surface area (Å²) in [5, 5.41) is 0. The summed E-state index contributed by atoms with van der Waals surface area (Å²) < 4.78 is 11.3. The molecule has 0 saturated heterocycles. The summed E-state index contributed by atoms with van der Waals surface area (Å²) in [6.07, 6.45) is 6.28. The summed E-state index contributed by atoms with van der Waals surface area (Å²) in [5.41, 5.74) is -1.01. The Balaban J connectivity index is 4.37. The normalized spacial score (nSPS) is 14.7. The van der Waals surface area contributed by atoms with Gasteiger partial charge in [0.2, 0.25) is 0 Å². The van der Waals surface area contributed by atoms with Gasteiger partial charge in [-0.05, 0) is 59.5 Å². The first-order valence-corrected chi connectivity index (χ1v) is 11.7. The second-order valence-electron chi connectivity index (χ2n) is 7.93. The van der Waals surface area contributed by atoms with E-state index >= 15 is 0 Å². The van der Waals surface area contributed by atoms with Crippen LogP contribution in [0.15, 0.2) is 0 Å². The van der Waals surface area contributed by atoms with Crippen LogP contribution in [-0.2, 0) is 19.1 Å². The van der Waals surface area contributed by atoms with Gasteiger partial charge in [0.05, 0.1) is 11.8 Å². The van der Waals surface area contributed by atoms with Crippen molar-refractivity contribution in [2.75, 3.05) is 24.0 Å². The van der Waals surface area contributed by atoms with Gasteiger partial charge < -0.3 is 9.47 Å². The van der Waals surface area contributed by atoms with Gasteiger partial charge in [-0.15, -0.1) is 0 Å². The molecule has 0 aromatic carbocycles. The predicted molar refractivity (Wildman–Crippen MR) is 109 cm³/mol. The summed E-state index contributed by atoms with van der Waals surface area (Å²) in [4.78, 5) is 24.2. The highest BCUT2D eigenvalue weighted by molar-refractivity contribution is 7.98.